The lowest BCUT2D eigenvalue weighted by molar-refractivity contribution is 0.590. The maximum Gasteiger partial charge on any atom is 0.0364 e. The highest BCUT2D eigenvalue weighted by atomic mass is 14.4. The molecule has 0 aromatic heterocycles. The fourth-order valence-electron chi connectivity index (χ4n) is 2.07. The average Bonchev–Trinajstić information content (AvgIpc) is 2.47. The van der Waals surface area contributed by atoms with Crippen LogP contribution in [0.5, 0.6) is 0 Å². The molecule has 2 aromatic carbocycles. The molecule has 0 aliphatic carbocycles. The second-order valence-electron chi connectivity index (χ2n) is 6.34. The molecule has 0 saturated heterocycles. The summed E-state index contributed by atoms with van der Waals surface area (Å²) in [6.07, 6.45) is 4.87. The van der Waals surface area contributed by atoms with E-state index in [1.165, 1.54) is 16.7 Å². The van der Waals surface area contributed by atoms with Crippen LogP contribution < -0.4 is 0 Å². The summed E-state index contributed by atoms with van der Waals surface area (Å²) in [5, 5.41) is 8.00. The Labute approximate surface area is 127 Å². The first-order chi connectivity index (χ1) is 9.97. The normalized spacial score (nSPS) is 11.8. The van der Waals surface area contributed by atoms with E-state index in [1.54, 1.807) is 0 Å². The summed E-state index contributed by atoms with van der Waals surface area (Å²) in [6.45, 7) is 6.20. The van der Waals surface area contributed by atoms with Gasteiger partial charge in [0, 0.05) is 11.1 Å². The number of hydrogen-bond donors (Lipinski definition) is 1. The van der Waals surface area contributed by atoms with Crippen molar-refractivity contribution in [1.29, 1.82) is 5.41 Å². The van der Waals surface area contributed by atoms with Crippen LogP contribution >= 0.6 is 0 Å². The van der Waals surface area contributed by atoms with Crippen LogP contribution in [0.3, 0.4) is 0 Å². The van der Waals surface area contributed by atoms with Gasteiger partial charge in [0.2, 0.25) is 0 Å². The van der Waals surface area contributed by atoms with Crippen molar-refractivity contribution in [2.75, 3.05) is 0 Å². The van der Waals surface area contributed by atoms with E-state index < -0.39 is 0 Å². The molecule has 1 heteroatoms. The number of hydrogen-bond acceptors (Lipinski definition) is 1. The van der Waals surface area contributed by atoms with Crippen LogP contribution in [0, 0.1) is 10.8 Å². The second kappa shape index (κ2) is 6.53. The first kappa shape index (κ1) is 15.2. The largest absolute Gasteiger partial charge is 0.305 e. The molecule has 0 unspecified atom stereocenters. The van der Waals surface area contributed by atoms with Crippen molar-refractivity contribution >= 4 is 5.71 Å². The minimum atomic E-state index is -0.0810. The lowest BCUT2D eigenvalue weighted by atomic mass is 9.89. The Morgan fingerprint density at radius 3 is 2.29 bits per heavy atom. The molecule has 0 amide bonds. The number of benzene rings is 2. The number of rotatable bonds is 4. The molecular formula is C20H23N. The highest BCUT2D eigenvalue weighted by molar-refractivity contribution is 5.96. The van der Waals surface area contributed by atoms with E-state index in [0.717, 1.165) is 6.42 Å². The minimum absolute atomic E-state index is 0.0810. The Morgan fingerprint density at radius 2 is 1.62 bits per heavy atom. The van der Waals surface area contributed by atoms with Crippen LogP contribution in [-0.4, -0.2) is 5.71 Å². The molecule has 0 heterocycles. The van der Waals surface area contributed by atoms with Gasteiger partial charge in [0.15, 0.2) is 0 Å². The molecule has 108 valence electrons. The highest BCUT2D eigenvalue weighted by Gasteiger charge is 2.13. The van der Waals surface area contributed by atoms with E-state index in [9.17, 15) is 0 Å². The van der Waals surface area contributed by atoms with Gasteiger partial charge in [-0.3, -0.25) is 0 Å². The summed E-state index contributed by atoms with van der Waals surface area (Å²) in [7, 11) is 0. The van der Waals surface area contributed by atoms with Crippen LogP contribution in [0.4, 0.5) is 0 Å². The fraction of sp³-hybridized carbons (Fsp3) is 0.250. The molecule has 0 atom stereocenters. The summed E-state index contributed by atoms with van der Waals surface area (Å²) >= 11 is 0. The third-order valence-electron chi connectivity index (χ3n) is 3.48. The van der Waals surface area contributed by atoms with Crippen molar-refractivity contribution < 1.29 is 0 Å². The van der Waals surface area contributed by atoms with Gasteiger partial charge in [0.1, 0.15) is 0 Å². The maximum absolute atomic E-state index is 8.00. The third kappa shape index (κ3) is 4.42. The van der Waals surface area contributed by atoms with Gasteiger partial charge in [-0.25, -0.2) is 0 Å². The Morgan fingerprint density at radius 1 is 0.952 bits per heavy atom. The average molecular weight is 277 g/mol. The molecular weight excluding hydrogens is 254 g/mol. The minimum Gasteiger partial charge on any atom is -0.305 e. The van der Waals surface area contributed by atoms with Crippen LogP contribution in [0.15, 0.2) is 66.7 Å². The fourth-order valence-corrected chi connectivity index (χ4v) is 2.07. The summed E-state index contributed by atoms with van der Waals surface area (Å²) < 4.78 is 0. The molecule has 0 radical (unpaired) electrons. The molecule has 0 bridgehead atoms. The number of nitrogens with one attached hydrogen (secondary N) is 1. The molecule has 21 heavy (non-hydrogen) atoms. The van der Waals surface area contributed by atoms with Gasteiger partial charge >= 0.3 is 0 Å². The molecule has 0 saturated carbocycles. The first-order valence-electron chi connectivity index (χ1n) is 7.37. The van der Waals surface area contributed by atoms with E-state index in [-0.39, 0.29) is 5.41 Å². The SMILES string of the molecule is CC(C)(C)C(=N)/C=C\Cc1cccc(-c2ccccc2)c1. The van der Waals surface area contributed by atoms with Crippen molar-refractivity contribution in [1.82, 2.24) is 0 Å². The van der Waals surface area contributed by atoms with Crippen molar-refractivity contribution in [3.05, 3.63) is 72.3 Å². The van der Waals surface area contributed by atoms with Crippen molar-refractivity contribution in [2.24, 2.45) is 5.41 Å². The van der Waals surface area contributed by atoms with E-state index in [2.05, 4.69) is 75.4 Å². The van der Waals surface area contributed by atoms with Gasteiger partial charge in [-0.15, -0.1) is 0 Å². The standard InChI is InChI=1S/C20H23N/c1-20(2,3)19(21)14-8-10-16-9-7-13-18(15-16)17-11-5-4-6-12-17/h4-9,11-15,21H,10H2,1-3H3/b14-8-,21-19?. The second-order valence-corrected chi connectivity index (χ2v) is 6.34. The van der Waals surface area contributed by atoms with Crippen LogP contribution in [0.1, 0.15) is 26.3 Å². The van der Waals surface area contributed by atoms with E-state index >= 15 is 0 Å². The smallest absolute Gasteiger partial charge is 0.0364 e. The first-order valence-corrected chi connectivity index (χ1v) is 7.37. The van der Waals surface area contributed by atoms with Crippen LogP contribution in [-0.2, 0) is 6.42 Å². The van der Waals surface area contributed by atoms with Crippen molar-refractivity contribution in [3.8, 4) is 11.1 Å². The highest BCUT2D eigenvalue weighted by Crippen LogP contribution is 2.20. The Balaban J connectivity index is 2.09. The maximum atomic E-state index is 8.00. The lowest BCUT2D eigenvalue weighted by Gasteiger charge is -2.16. The quantitative estimate of drug-likeness (QED) is 0.712. The van der Waals surface area contributed by atoms with E-state index in [1.807, 2.05) is 12.1 Å². The summed E-state index contributed by atoms with van der Waals surface area (Å²) in [6, 6.07) is 19.0. The zero-order valence-electron chi connectivity index (χ0n) is 13.1. The van der Waals surface area contributed by atoms with Crippen molar-refractivity contribution in [3.63, 3.8) is 0 Å². The zero-order valence-corrected chi connectivity index (χ0v) is 13.1. The van der Waals surface area contributed by atoms with Crippen LogP contribution in [0.25, 0.3) is 11.1 Å². The Bertz CT molecular complexity index is 630. The Hall–Kier alpha value is -2.15. The predicted octanol–water partition coefficient (Wildman–Crippen LogP) is 5.52. The van der Waals surface area contributed by atoms with Gasteiger partial charge in [-0.2, -0.15) is 0 Å². The van der Waals surface area contributed by atoms with Crippen molar-refractivity contribution in [2.45, 2.75) is 27.2 Å². The molecule has 0 aliphatic rings. The van der Waals surface area contributed by atoms with Gasteiger partial charge in [0.05, 0.1) is 0 Å². The predicted molar refractivity (Wildman–Crippen MR) is 91.9 cm³/mol. The van der Waals surface area contributed by atoms with Gasteiger partial charge in [-0.1, -0.05) is 81.4 Å². The van der Waals surface area contributed by atoms with E-state index in [0.29, 0.717) is 5.71 Å². The third-order valence-corrected chi connectivity index (χ3v) is 3.48. The summed E-state index contributed by atoms with van der Waals surface area (Å²) in [4.78, 5) is 0. The number of allylic oxidation sites excluding steroid dienone is 2. The molecule has 1 nitrogen and oxygen atoms in total. The monoisotopic (exact) mass is 277 g/mol. The summed E-state index contributed by atoms with van der Waals surface area (Å²) in [5.41, 5.74) is 4.34. The van der Waals surface area contributed by atoms with E-state index in [4.69, 9.17) is 5.41 Å². The van der Waals surface area contributed by atoms with Gasteiger partial charge < -0.3 is 5.41 Å². The summed E-state index contributed by atoms with van der Waals surface area (Å²) in [5.74, 6) is 0. The topological polar surface area (TPSA) is 23.9 Å². The van der Waals surface area contributed by atoms with Crippen LogP contribution in [0.2, 0.25) is 0 Å². The molecule has 0 aliphatic heterocycles. The lowest BCUT2D eigenvalue weighted by Crippen LogP contribution is -2.16. The molecule has 0 spiro atoms. The molecule has 2 rings (SSSR count). The Kier molecular flexibility index (Phi) is 4.74. The zero-order chi connectivity index (χ0) is 15.3. The molecule has 2 aromatic rings. The molecule has 0 fully saturated rings. The molecule has 1 N–H and O–H groups in total. The van der Waals surface area contributed by atoms with Gasteiger partial charge in [0.25, 0.3) is 0 Å². The van der Waals surface area contributed by atoms with Gasteiger partial charge in [-0.05, 0) is 29.2 Å².